The predicted octanol–water partition coefficient (Wildman–Crippen LogP) is 3.32. The number of carbonyl (C=O) groups is 3. The van der Waals surface area contributed by atoms with Crippen LogP contribution in [0.1, 0.15) is 41.2 Å². The van der Waals surface area contributed by atoms with Gasteiger partial charge in [-0.25, -0.2) is 13.4 Å². The van der Waals surface area contributed by atoms with Gasteiger partial charge in [-0.3, -0.25) is 19.4 Å². The van der Waals surface area contributed by atoms with Gasteiger partial charge in [-0.05, 0) is 48.9 Å². The summed E-state index contributed by atoms with van der Waals surface area (Å²) in [5, 5.41) is 12.0. The monoisotopic (exact) mass is 577 g/mol. The number of benzene rings is 1. The average Bonchev–Trinajstić information content (AvgIpc) is 3.50. The molecule has 1 fully saturated rings. The average molecular weight is 578 g/mol. The highest BCUT2D eigenvalue weighted by atomic mass is 32.2. The van der Waals surface area contributed by atoms with E-state index in [1.54, 1.807) is 24.1 Å². The molecule has 212 valence electrons. The molecule has 0 bridgehead atoms. The van der Waals surface area contributed by atoms with Crippen LogP contribution in [0.4, 0.5) is 0 Å². The number of likely N-dealkylation sites (tertiary alicyclic amines) is 1. The SMILES string of the molecule is CN1C(=O)CCC1c1cc2[nH]c(-c3ccc(C(=O)NCCC(=O)O)cn3)cc2cc1Oc1ccc(S(C)(=O)=O)nc1. The third kappa shape index (κ3) is 6.04. The number of ether oxygens (including phenoxy) is 1. The molecule has 2 amide bonds. The lowest BCUT2D eigenvalue weighted by Gasteiger charge is -2.23. The number of carboxylic acids is 1. The van der Waals surface area contributed by atoms with Crippen molar-refractivity contribution in [1.82, 2.24) is 25.2 Å². The minimum Gasteiger partial charge on any atom is -0.481 e. The zero-order chi connectivity index (χ0) is 29.3. The number of hydrogen-bond donors (Lipinski definition) is 3. The number of fused-ring (bicyclic) bond motifs is 1. The minimum atomic E-state index is -3.46. The van der Waals surface area contributed by atoms with Gasteiger partial charge in [-0.1, -0.05) is 0 Å². The first-order valence-electron chi connectivity index (χ1n) is 12.7. The molecular weight excluding hydrogens is 550 g/mol. The number of rotatable bonds is 9. The molecule has 1 atom stereocenters. The zero-order valence-corrected chi connectivity index (χ0v) is 23.1. The van der Waals surface area contributed by atoms with Crippen molar-refractivity contribution < 1.29 is 32.6 Å². The Labute approximate surface area is 235 Å². The van der Waals surface area contributed by atoms with Gasteiger partial charge in [0.15, 0.2) is 14.9 Å². The molecule has 0 radical (unpaired) electrons. The lowest BCUT2D eigenvalue weighted by Crippen LogP contribution is -2.26. The van der Waals surface area contributed by atoms with Crippen LogP contribution in [0, 0.1) is 0 Å². The summed E-state index contributed by atoms with van der Waals surface area (Å²) in [5.74, 6) is -0.530. The molecule has 3 aromatic heterocycles. The lowest BCUT2D eigenvalue weighted by atomic mass is 10.0. The molecule has 4 heterocycles. The standard InChI is InChI=1S/C28H27N5O7S/c1-33-23(6-8-26(33)34)19-13-21-17(12-24(19)40-18-4-7-25(31-15-18)41(2,38)39)11-22(32-21)20-5-3-16(14-30-20)28(37)29-10-9-27(35)36/h3-5,7,11-15,23,32H,6,8-10H2,1-2H3,(H,29,37)(H,35,36). The van der Waals surface area contributed by atoms with Crippen LogP contribution in [0.3, 0.4) is 0 Å². The van der Waals surface area contributed by atoms with Gasteiger partial charge in [-0.2, -0.15) is 0 Å². The smallest absolute Gasteiger partial charge is 0.305 e. The summed E-state index contributed by atoms with van der Waals surface area (Å²) < 4.78 is 29.8. The van der Waals surface area contributed by atoms with Gasteiger partial charge in [0.1, 0.15) is 11.5 Å². The molecule has 0 spiro atoms. The first kappa shape index (κ1) is 27.8. The van der Waals surface area contributed by atoms with Crippen molar-refractivity contribution >= 4 is 38.5 Å². The number of amides is 2. The minimum absolute atomic E-state index is 0.0182. The predicted molar refractivity (Wildman–Crippen MR) is 148 cm³/mol. The van der Waals surface area contributed by atoms with Crippen LogP contribution >= 0.6 is 0 Å². The Morgan fingerprint density at radius 3 is 2.56 bits per heavy atom. The van der Waals surface area contributed by atoms with E-state index in [9.17, 15) is 22.8 Å². The highest BCUT2D eigenvalue weighted by Crippen LogP contribution is 2.41. The number of sulfone groups is 1. The summed E-state index contributed by atoms with van der Waals surface area (Å²) in [5.41, 5.74) is 3.15. The van der Waals surface area contributed by atoms with E-state index in [4.69, 9.17) is 9.84 Å². The van der Waals surface area contributed by atoms with Gasteiger partial charge < -0.3 is 25.0 Å². The number of H-pyrrole nitrogens is 1. The Morgan fingerprint density at radius 1 is 1.15 bits per heavy atom. The van der Waals surface area contributed by atoms with Crippen molar-refractivity contribution in [3.8, 4) is 22.9 Å². The number of nitrogens with zero attached hydrogens (tertiary/aromatic N) is 3. The van der Waals surface area contributed by atoms with Gasteiger partial charge in [0, 0.05) is 48.9 Å². The second-order valence-corrected chi connectivity index (χ2v) is 11.7. The Morgan fingerprint density at radius 2 is 1.95 bits per heavy atom. The first-order chi connectivity index (χ1) is 19.5. The quantitative estimate of drug-likeness (QED) is 0.270. The molecule has 13 heteroatoms. The summed E-state index contributed by atoms with van der Waals surface area (Å²) >= 11 is 0. The Bertz CT molecular complexity index is 1750. The van der Waals surface area contributed by atoms with Crippen LogP contribution in [0.25, 0.3) is 22.3 Å². The molecule has 1 aliphatic rings. The van der Waals surface area contributed by atoms with Crippen LogP contribution in [0.5, 0.6) is 11.5 Å². The normalized spacial score (nSPS) is 15.3. The van der Waals surface area contributed by atoms with E-state index in [0.717, 1.165) is 22.7 Å². The Balaban J connectivity index is 1.46. The Hall–Kier alpha value is -4.78. The van der Waals surface area contributed by atoms with E-state index in [1.165, 1.54) is 24.5 Å². The van der Waals surface area contributed by atoms with Crippen LogP contribution in [-0.2, 0) is 19.4 Å². The van der Waals surface area contributed by atoms with Crippen molar-refractivity contribution in [2.45, 2.75) is 30.3 Å². The van der Waals surface area contributed by atoms with Gasteiger partial charge in [-0.15, -0.1) is 0 Å². The maximum absolute atomic E-state index is 12.3. The number of aromatic nitrogens is 3. The molecule has 4 aromatic rings. The summed E-state index contributed by atoms with van der Waals surface area (Å²) in [6.45, 7) is 0.0182. The number of aliphatic carboxylic acids is 1. The highest BCUT2D eigenvalue weighted by molar-refractivity contribution is 7.90. The molecule has 0 aliphatic carbocycles. The molecule has 1 unspecified atom stereocenters. The van der Waals surface area contributed by atoms with E-state index in [1.807, 2.05) is 18.2 Å². The lowest BCUT2D eigenvalue weighted by molar-refractivity contribution is -0.136. The molecule has 0 saturated carbocycles. The van der Waals surface area contributed by atoms with Crippen molar-refractivity contribution in [3.63, 3.8) is 0 Å². The van der Waals surface area contributed by atoms with Crippen molar-refractivity contribution in [3.05, 3.63) is 66.0 Å². The van der Waals surface area contributed by atoms with Gasteiger partial charge in [0.2, 0.25) is 5.91 Å². The number of carboxylic acid groups (broad SMARTS) is 1. The van der Waals surface area contributed by atoms with Gasteiger partial charge in [0.05, 0.1) is 35.6 Å². The topological polar surface area (TPSA) is 172 Å². The van der Waals surface area contributed by atoms with E-state index in [-0.39, 0.29) is 29.9 Å². The fraction of sp³-hybridized carbons (Fsp3) is 0.250. The third-order valence-corrected chi connectivity index (χ3v) is 7.85. The summed E-state index contributed by atoms with van der Waals surface area (Å²) in [6, 6.07) is 11.6. The number of nitrogens with one attached hydrogen (secondary N) is 2. The molecule has 3 N–H and O–H groups in total. The van der Waals surface area contributed by atoms with Crippen molar-refractivity contribution in [2.75, 3.05) is 19.8 Å². The first-order valence-corrected chi connectivity index (χ1v) is 14.6. The van der Waals surface area contributed by atoms with Crippen LogP contribution < -0.4 is 10.1 Å². The van der Waals surface area contributed by atoms with Crippen molar-refractivity contribution in [2.24, 2.45) is 0 Å². The number of aromatic amines is 1. The fourth-order valence-corrected chi connectivity index (χ4v) is 5.24. The number of hydrogen-bond acceptors (Lipinski definition) is 8. The third-order valence-electron chi connectivity index (χ3n) is 6.85. The van der Waals surface area contributed by atoms with E-state index in [2.05, 4.69) is 20.3 Å². The van der Waals surface area contributed by atoms with Crippen LogP contribution in [0.2, 0.25) is 0 Å². The largest absolute Gasteiger partial charge is 0.481 e. The van der Waals surface area contributed by atoms with Gasteiger partial charge in [0.25, 0.3) is 5.91 Å². The van der Waals surface area contributed by atoms with Gasteiger partial charge >= 0.3 is 5.97 Å². The van der Waals surface area contributed by atoms with E-state index < -0.39 is 21.7 Å². The van der Waals surface area contributed by atoms with E-state index in [0.29, 0.717) is 41.3 Å². The molecule has 1 aromatic carbocycles. The summed E-state index contributed by atoms with van der Waals surface area (Å²) in [4.78, 5) is 48.7. The molecule has 1 aliphatic heterocycles. The zero-order valence-electron chi connectivity index (χ0n) is 22.2. The van der Waals surface area contributed by atoms with Crippen molar-refractivity contribution in [1.29, 1.82) is 0 Å². The number of pyridine rings is 2. The maximum Gasteiger partial charge on any atom is 0.305 e. The molecular formula is C28H27N5O7S. The molecule has 41 heavy (non-hydrogen) atoms. The summed E-state index contributed by atoms with van der Waals surface area (Å²) in [6.07, 6.45) is 4.71. The number of carbonyl (C=O) groups excluding carboxylic acids is 2. The maximum atomic E-state index is 12.3. The second kappa shape index (κ2) is 11.0. The molecule has 12 nitrogen and oxygen atoms in total. The molecule has 1 saturated heterocycles. The van der Waals surface area contributed by atoms with Crippen LogP contribution in [0.15, 0.2) is 59.9 Å². The Kier molecular flexibility index (Phi) is 7.45. The fourth-order valence-electron chi connectivity index (χ4n) is 4.68. The highest BCUT2D eigenvalue weighted by Gasteiger charge is 2.31. The van der Waals surface area contributed by atoms with Crippen LogP contribution in [-0.4, -0.2) is 71.0 Å². The second-order valence-electron chi connectivity index (χ2n) is 9.76. The summed E-state index contributed by atoms with van der Waals surface area (Å²) in [7, 11) is -1.71. The molecule has 5 rings (SSSR count). The van der Waals surface area contributed by atoms with E-state index >= 15 is 0 Å².